The van der Waals surface area contributed by atoms with Crippen molar-refractivity contribution in [1.82, 2.24) is 10.6 Å². The smallest absolute Gasteiger partial charge is 0.220 e. The fraction of sp³-hybridized carbons (Fsp3) is 0.900. The Morgan fingerprint density at radius 1 is 1.15 bits per heavy atom. The molecule has 0 aliphatic heterocycles. The Kier molecular flexibility index (Phi) is 9.10. The summed E-state index contributed by atoms with van der Waals surface area (Å²) < 4.78 is 0. The van der Waals surface area contributed by atoms with E-state index in [-0.39, 0.29) is 5.91 Å². The van der Waals surface area contributed by atoms with Gasteiger partial charge >= 0.3 is 0 Å². The van der Waals surface area contributed by atoms with Gasteiger partial charge in [-0.25, -0.2) is 0 Å². The second-order valence-corrected chi connectivity index (χ2v) is 3.16. The molecular formula is C10H22N2O. The lowest BCUT2D eigenvalue weighted by atomic mass is 10.2. The van der Waals surface area contributed by atoms with Crippen LogP contribution in [0.4, 0.5) is 0 Å². The second-order valence-electron chi connectivity index (χ2n) is 3.16. The molecule has 0 bridgehead atoms. The van der Waals surface area contributed by atoms with Crippen LogP contribution in [0, 0.1) is 0 Å². The summed E-state index contributed by atoms with van der Waals surface area (Å²) in [5.74, 6) is 0.186. The summed E-state index contributed by atoms with van der Waals surface area (Å²) in [6, 6.07) is 0. The zero-order valence-electron chi connectivity index (χ0n) is 8.86. The van der Waals surface area contributed by atoms with Gasteiger partial charge in [-0.2, -0.15) is 0 Å². The standard InChI is InChI=1S/C10H22N2O/c1-3-5-6-7-10(13)12-9-8-11-4-2/h11H,3-9H2,1-2H3,(H,12,13). The number of unbranched alkanes of at least 4 members (excludes halogenated alkanes) is 2. The number of amides is 1. The first-order chi connectivity index (χ1) is 6.31. The van der Waals surface area contributed by atoms with E-state index in [1.54, 1.807) is 0 Å². The van der Waals surface area contributed by atoms with Crippen LogP contribution in [0.25, 0.3) is 0 Å². The Morgan fingerprint density at radius 2 is 1.92 bits per heavy atom. The van der Waals surface area contributed by atoms with Crippen LogP contribution >= 0.6 is 0 Å². The number of carbonyl (C=O) groups excluding carboxylic acids is 1. The first-order valence-corrected chi connectivity index (χ1v) is 5.28. The highest BCUT2D eigenvalue weighted by atomic mass is 16.1. The molecule has 0 aliphatic carbocycles. The predicted octanol–water partition coefficient (Wildman–Crippen LogP) is 1.29. The molecule has 0 aromatic heterocycles. The summed E-state index contributed by atoms with van der Waals surface area (Å²) in [7, 11) is 0. The Bertz CT molecular complexity index is 126. The zero-order valence-corrected chi connectivity index (χ0v) is 8.86. The molecule has 0 aliphatic rings. The van der Waals surface area contributed by atoms with Gasteiger partial charge in [-0.3, -0.25) is 4.79 Å². The Labute approximate surface area is 81.3 Å². The Balaban J connectivity index is 3.11. The van der Waals surface area contributed by atoms with Crippen LogP contribution in [0.5, 0.6) is 0 Å². The third-order valence-electron chi connectivity index (χ3n) is 1.88. The monoisotopic (exact) mass is 186 g/mol. The lowest BCUT2D eigenvalue weighted by molar-refractivity contribution is -0.121. The van der Waals surface area contributed by atoms with Crippen LogP contribution in [0.15, 0.2) is 0 Å². The van der Waals surface area contributed by atoms with Crippen LogP contribution in [-0.2, 0) is 4.79 Å². The third kappa shape index (κ3) is 9.34. The quantitative estimate of drug-likeness (QED) is 0.561. The fourth-order valence-corrected chi connectivity index (χ4v) is 1.09. The number of carbonyl (C=O) groups is 1. The molecule has 0 atom stereocenters. The minimum absolute atomic E-state index is 0.186. The molecule has 0 spiro atoms. The highest BCUT2D eigenvalue weighted by Gasteiger charge is 1.98. The maximum Gasteiger partial charge on any atom is 0.220 e. The molecule has 0 saturated carbocycles. The van der Waals surface area contributed by atoms with Gasteiger partial charge in [0.05, 0.1) is 0 Å². The van der Waals surface area contributed by atoms with E-state index >= 15 is 0 Å². The maximum absolute atomic E-state index is 11.1. The van der Waals surface area contributed by atoms with Gasteiger partial charge in [0.25, 0.3) is 0 Å². The molecule has 0 heterocycles. The molecule has 0 fully saturated rings. The Hall–Kier alpha value is -0.570. The van der Waals surface area contributed by atoms with Crippen molar-refractivity contribution in [3.05, 3.63) is 0 Å². The predicted molar refractivity (Wildman–Crippen MR) is 55.7 cm³/mol. The molecule has 0 unspecified atom stereocenters. The van der Waals surface area contributed by atoms with E-state index in [9.17, 15) is 4.79 Å². The summed E-state index contributed by atoms with van der Waals surface area (Å²) in [5, 5.41) is 6.03. The fourth-order valence-electron chi connectivity index (χ4n) is 1.09. The largest absolute Gasteiger partial charge is 0.355 e. The first-order valence-electron chi connectivity index (χ1n) is 5.28. The van der Waals surface area contributed by atoms with Crippen molar-refractivity contribution in [1.29, 1.82) is 0 Å². The van der Waals surface area contributed by atoms with Gasteiger partial charge in [0.2, 0.25) is 5.91 Å². The normalized spacial score (nSPS) is 10.0. The summed E-state index contributed by atoms with van der Waals surface area (Å²) >= 11 is 0. The van der Waals surface area contributed by atoms with Crippen molar-refractivity contribution in [3.8, 4) is 0 Å². The first kappa shape index (κ1) is 12.4. The lowest BCUT2D eigenvalue weighted by Crippen LogP contribution is -2.31. The summed E-state index contributed by atoms with van der Waals surface area (Å²) in [6.07, 6.45) is 4.02. The van der Waals surface area contributed by atoms with Crippen molar-refractivity contribution in [2.24, 2.45) is 0 Å². The molecule has 0 saturated heterocycles. The number of rotatable bonds is 8. The molecule has 13 heavy (non-hydrogen) atoms. The molecule has 2 N–H and O–H groups in total. The van der Waals surface area contributed by atoms with Gasteiger partial charge in [0.1, 0.15) is 0 Å². The van der Waals surface area contributed by atoms with Crippen molar-refractivity contribution in [3.63, 3.8) is 0 Å². The number of likely N-dealkylation sites (N-methyl/N-ethyl adjacent to an activating group) is 1. The SMILES string of the molecule is CCCCCC(=O)NCCNCC. The van der Waals surface area contributed by atoms with Crippen LogP contribution in [0.2, 0.25) is 0 Å². The molecule has 0 rings (SSSR count). The van der Waals surface area contributed by atoms with Gasteiger partial charge in [-0.1, -0.05) is 26.7 Å². The van der Waals surface area contributed by atoms with E-state index in [4.69, 9.17) is 0 Å². The molecule has 3 heteroatoms. The van der Waals surface area contributed by atoms with Gasteiger partial charge < -0.3 is 10.6 Å². The van der Waals surface area contributed by atoms with Crippen LogP contribution in [-0.4, -0.2) is 25.5 Å². The van der Waals surface area contributed by atoms with E-state index in [0.717, 1.165) is 32.5 Å². The second kappa shape index (κ2) is 9.52. The molecule has 1 amide bonds. The third-order valence-corrected chi connectivity index (χ3v) is 1.88. The molecule has 0 aromatic carbocycles. The highest BCUT2D eigenvalue weighted by Crippen LogP contribution is 1.97. The summed E-state index contributed by atoms with van der Waals surface area (Å²) in [6.45, 7) is 6.78. The average molecular weight is 186 g/mol. The van der Waals surface area contributed by atoms with Gasteiger partial charge in [0.15, 0.2) is 0 Å². The topological polar surface area (TPSA) is 41.1 Å². The lowest BCUT2D eigenvalue weighted by Gasteiger charge is -2.04. The van der Waals surface area contributed by atoms with E-state index in [0.29, 0.717) is 6.42 Å². The van der Waals surface area contributed by atoms with E-state index in [1.807, 2.05) is 0 Å². The van der Waals surface area contributed by atoms with Crippen molar-refractivity contribution in [2.75, 3.05) is 19.6 Å². The number of hydrogen-bond acceptors (Lipinski definition) is 2. The van der Waals surface area contributed by atoms with E-state index in [2.05, 4.69) is 24.5 Å². The van der Waals surface area contributed by atoms with Gasteiger partial charge in [-0.15, -0.1) is 0 Å². The zero-order chi connectivity index (χ0) is 9.94. The van der Waals surface area contributed by atoms with Crippen molar-refractivity contribution in [2.45, 2.75) is 39.5 Å². The van der Waals surface area contributed by atoms with Gasteiger partial charge in [0, 0.05) is 19.5 Å². The number of hydrogen-bond donors (Lipinski definition) is 2. The minimum Gasteiger partial charge on any atom is -0.355 e. The van der Waals surface area contributed by atoms with E-state index < -0.39 is 0 Å². The van der Waals surface area contributed by atoms with Crippen LogP contribution in [0.1, 0.15) is 39.5 Å². The Morgan fingerprint density at radius 3 is 2.54 bits per heavy atom. The van der Waals surface area contributed by atoms with Gasteiger partial charge in [-0.05, 0) is 13.0 Å². The highest BCUT2D eigenvalue weighted by molar-refractivity contribution is 5.75. The van der Waals surface area contributed by atoms with Crippen molar-refractivity contribution >= 4 is 5.91 Å². The number of nitrogens with one attached hydrogen (secondary N) is 2. The summed E-state index contributed by atoms with van der Waals surface area (Å²) in [4.78, 5) is 11.1. The molecule has 78 valence electrons. The van der Waals surface area contributed by atoms with Crippen molar-refractivity contribution < 1.29 is 4.79 Å². The molecule has 0 aromatic rings. The molecule has 3 nitrogen and oxygen atoms in total. The maximum atomic E-state index is 11.1. The average Bonchev–Trinajstić information content (AvgIpc) is 2.13. The molecule has 0 radical (unpaired) electrons. The minimum atomic E-state index is 0.186. The van der Waals surface area contributed by atoms with E-state index in [1.165, 1.54) is 6.42 Å². The van der Waals surface area contributed by atoms with Crippen LogP contribution < -0.4 is 10.6 Å². The summed E-state index contributed by atoms with van der Waals surface area (Å²) in [5.41, 5.74) is 0. The molecular weight excluding hydrogens is 164 g/mol. The van der Waals surface area contributed by atoms with Crippen LogP contribution in [0.3, 0.4) is 0 Å².